The van der Waals surface area contributed by atoms with Crippen LogP contribution in [-0.2, 0) is 10.0 Å². The Morgan fingerprint density at radius 3 is 2.37 bits per heavy atom. The second-order valence-electron chi connectivity index (χ2n) is 3.57. The van der Waals surface area contributed by atoms with E-state index < -0.39 is 10.0 Å². The van der Waals surface area contributed by atoms with Crippen LogP contribution in [0.1, 0.15) is 5.82 Å². The van der Waals surface area contributed by atoms with E-state index in [2.05, 4.69) is 45.9 Å². The highest BCUT2D eigenvalue weighted by molar-refractivity contribution is 9.11. The van der Waals surface area contributed by atoms with Gasteiger partial charge in [0.05, 0.1) is 0 Å². The molecule has 0 unspecified atom stereocenters. The third-order valence-corrected chi connectivity index (χ3v) is 6.10. The summed E-state index contributed by atoms with van der Waals surface area (Å²) < 4.78 is 31.6. The van der Waals surface area contributed by atoms with Gasteiger partial charge in [-0.3, -0.25) is 4.72 Å². The summed E-state index contributed by atoms with van der Waals surface area (Å²) in [7, 11) is -3.77. The topological polar surface area (TPSA) is 98.0 Å². The highest BCUT2D eigenvalue weighted by Crippen LogP contribution is 2.33. The van der Waals surface area contributed by atoms with Crippen molar-refractivity contribution in [2.24, 2.45) is 0 Å². The lowest BCUT2D eigenvalue weighted by Gasteiger charge is -2.10. The molecule has 1 heterocycles. The van der Waals surface area contributed by atoms with E-state index in [1.165, 1.54) is 12.1 Å². The number of sulfonamides is 1. The number of anilines is 2. The van der Waals surface area contributed by atoms with Crippen molar-refractivity contribution in [2.45, 2.75) is 11.8 Å². The van der Waals surface area contributed by atoms with Crippen molar-refractivity contribution in [1.82, 2.24) is 9.36 Å². The maximum Gasteiger partial charge on any atom is 0.265 e. The van der Waals surface area contributed by atoms with Gasteiger partial charge in [0.25, 0.3) is 10.0 Å². The van der Waals surface area contributed by atoms with Crippen LogP contribution in [0.5, 0.6) is 0 Å². The molecule has 3 N–H and O–H groups in total. The predicted molar refractivity (Wildman–Crippen MR) is 81.7 cm³/mol. The van der Waals surface area contributed by atoms with E-state index in [9.17, 15) is 8.42 Å². The van der Waals surface area contributed by atoms with E-state index >= 15 is 0 Å². The molecule has 0 aliphatic rings. The van der Waals surface area contributed by atoms with Gasteiger partial charge in [-0.1, -0.05) is 0 Å². The average molecular weight is 428 g/mol. The Kier molecular flexibility index (Phi) is 4.14. The first-order valence-corrected chi connectivity index (χ1v) is 8.71. The molecule has 1 aromatic carbocycles. The molecular weight excluding hydrogens is 420 g/mol. The molecule has 0 bridgehead atoms. The summed E-state index contributed by atoms with van der Waals surface area (Å²) in [5, 5.41) is 0.216. The minimum atomic E-state index is -3.77. The maximum atomic E-state index is 12.3. The van der Waals surface area contributed by atoms with E-state index in [0.29, 0.717) is 20.5 Å². The lowest BCUT2D eigenvalue weighted by Crippen LogP contribution is -2.14. The molecular formula is C9H8Br2N4O2S2. The second kappa shape index (κ2) is 5.35. The molecule has 102 valence electrons. The van der Waals surface area contributed by atoms with E-state index in [4.69, 9.17) is 5.73 Å². The molecule has 19 heavy (non-hydrogen) atoms. The largest absolute Gasteiger partial charge is 0.399 e. The molecule has 0 atom stereocenters. The van der Waals surface area contributed by atoms with E-state index in [0.717, 1.165) is 11.5 Å². The summed E-state index contributed by atoms with van der Waals surface area (Å²) in [5.41, 5.74) is 6.08. The second-order valence-corrected chi connectivity index (χ2v) is 7.65. The van der Waals surface area contributed by atoms with Crippen LogP contribution < -0.4 is 10.5 Å². The average Bonchev–Trinajstić information content (AvgIpc) is 2.60. The molecule has 1 aromatic heterocycles. The minimum absolute atomic E-state index is 0.0644. The molecule has 0 saturated heterocycles. The van der Waals surface area contributed by atoms with Crippen LogP contribution in [-0.4, -0.2) is 17.8 Å². The summed E-state index contributed by atoms with van der Waals surface area (Å²) in [4.78, 5) is 4.02. The first kappa shape index (κ1) is 14.7. The smallest absolute Gasteiger partial charge is 0.265 e. The van der Waals surface area contributed by atoms with Gasteiger partial charge in [0, 0.05) is 26.2 Å². The van der Waals surface area contributed by atoms with Crippen molar-refractivity contribution in [3.8, 4) is 0 Å². The summed E-state index contributed by atoms with van der Waals surface area (Å²) in [6.45, 7) is 1.68. The molecule has 0 amide bonds. The van der Waals surface area contributed by atoms with Gasteiger partial charge >= 0.3 is 0 Å². The van der Waals surface area contributed by atoms with Gasteiger partial charge in [0.15, 0.2) is 0 Å². The maximum absolute atomic E-state index is 12.3. The first-order chi connectivity index (χ1) is 8.79. The minimum Gasteiger partial charge on any atom is -0.399 e. The van der Waals surface area contributed by atoms with Gasteiger partial charge in [0.1, 0.15) is 10.7 Å². The highest BCUT2D eigenvalue weighted by atomic mass is 79.9. The summed E-state index contributed by atoms with van der Waals surface area (Å²) in [6.07, 6.45) is 0. The van der Waals surface area contributed by atoms with Crippen molar-refractivity contribution in [3.63, 3.8) is 0 Å². The number of nitrogen functional groups attached to an aromatic ring is 1. The Morgan fingerprint density at radius 2 is 1.89 bits per heavy atom. The molecule has 6 nitrogen and oxygen atoms in total. The Morgan fingerprint density at radius 1 is 1.32 bits per heavy atom. The zero-order chi connectivity index (χ0) is 14.2. The molecule has 2 rings (SSSR count). The standard InChI is InChI=1S/C9H8Br2N4O2S2/c1-4-13-9(18-14-4)15-19(16,17)8-6(10)2-5(12)3-7(8)11/h2-3H,12H2,1H3,(H,13,14,15). The predicted octanol–water partition coefficient (Wildman–Crippen LogP) is 2.75. The van der Waals surface area contributed by atoms with Crippen molar-refractivity contribution >= 4 is 64.2 Å². The molecule has 0 fully saturated rings. The fourth-order valence-corrected chi connectivity index (χ4v) is 5.76. The monoisotopic (exact) mass is 426 g/mol. The zero-order valence-electron chi connectivity index (χ0n) is 9.52. The molecule has 0 radical (unpaired) electrons. The lowest BCUT2D eigenvalue weighted by atomic mass is 10.3. The molecule has 0 saturated carbocycles. The number of benzene rings is 1. The number of nitrogens with zero attached hydrogens (tertiary/aromatic N) is 2. The van der Waals surface area contributed by atoms with Gasteiger partial charge < -0.3 is 5.73 Å². The normalized spacial score (nSPS) is 11.5. The van der Waals surface area contributed by atoms with Gasteiger partial charge in [-0.25, -0.2) is 13.4 Å². The Hall–Kier alpha value is -0.710. The Labute approximate surface area is 130 Å². The van der Waals surface area contributed by atoms with Crippen LogP contribution in [0.4, 0.5) is 10.8 Å². The van der Waals surface area contributed by atoms with Gasteiger partial charge in [0.2, 0.25) is 5.13 Å². The number of halogens is 2. The van der Waals surface area contributed by atoms with Crippen LogP contribution in [0.25, 0.3) is 0 Å². The quantitative estimate of drug-likeness (QED) is 0.733. The van der Waals surface area contributed by atoms with Crippen LogP contribution >= 0.6 is 43.4 Å². The number of aromatic nitrogens is 2. The van der Waals surface area contributed by atoms with Gasteiger partial charge in [-0.15, -0.1) is 0 Å². The number of nitrogens with two attached hydrogens (primary N) is 1. The van der Waals surface area contributed by atoms with Crippen molar-refractivity contribution in [2.75, 3.05) is 10.5 Å². The highest BCUT2D eigenvalue weighted by Gasteiger charge is 2.23. The SMILES string of the molecule is Cc1nsc(NS(=O)(=O)c2c(Br)cc(N)cc2Br)n1. The molecule has 0 spiro atoms. The fraction of sp³-hybridized carbons (Fsp3) is 0.111. The molecule has 0 aliphatic carbocycles. The van der Waals surface area contributed by atoms with Crippen LogP contribution in [0, 0.1) is 6.92 Å². The Balaban J connectivity index is 2.45. The Bertz CT molecular complexity index is 707. The summed E-state index contributed by atoms with van der Waals surface area (Å²) in [6, 6.07) is 3.04. The fourth-order valence-electron chi connectivity index (χ4n) is 1.34. The molecule has 0 aliphatic heterocycles. The van der Waals surface area contributed by atoms with Crippen molar-refractivity contribution in [1.29, 1.82) is 0 Å². The van der Waals surface area contributed by atoms with Crippen LogP contribution in [0.3, 0.4) is 0 Å². The van der Waals surface area contributed by atoms with Crippen molar-refractivity contribution < 1.29 is 8.42 Å². The third kappa shape index (κ3) is 3.25. The van der Waals surface area contributed by atoms with Crippen LogP contribution in [0.2, 0.25) is 0 Å². The van der Waals surface area contributed by atoms with E-state index in [1.54, 1.807) is 6.92 Å². The number of hydrogen-bond acceptors (Lipinski definition) is 6. The third-order valence-electron chi connectivity index (χ3n) is 2.04. The number of rotatable bonds is 3. The van der Waals surface area contributed by atoms with Crippen molar-refractivity contribution in [3.05, 3.63) is 26.9 Å². The summed E-state index contributed by atoms with van der Waals surface area (Å²) in [5.74, 6) is 0.512. The lowest BCUT2D eigenvalue weighted by molar-refractivity contribution is 0.600. The van der Waals surface area contributed by atoms with Gasteiger partial charge in [-0.05, 0) is 50.9 Å². The zero-order valence-corrected chi connectivity index (χ0v) is 14.3. The van der Waals surface area contributed by atoms with Crippen LogP contribution in [0.15, 0.2) is 26.0 Å². The first-order valence-electron chi connectivity index (χ1n) is 4.87. The number of aryl methyl sites for hydroxylation is 1. The number of hydrogen-bond donors (Lipinski definition) is 2. The van der Waals surface area contributed by atoms with E-state index in [1.807, 2.05) is 0 Å². The van der Waals surface area contributed by atoms with E-state index in [-0.39, 0.29) is 10.0 Å². The number of nitrogens with one attached hydrogen (secondary N) is 1. The molecule has 2 aromatic rings. The van der Waals surface area contributed by atoms with Gasteiger partial charge in [-0.2, -0.15) is 4.37 Å². The molecule has 10 heteroatoms. The summed E-state index contributed by atoms with van der Waals surface area (Å²) >= 11 is 7.36.